The third-order valence-corrected chi connectivity index (χ3v) is 2.83. The molecule has 0 atom stereocenters. The van der Waals surface area contributed by atoms with E-state index in [-0.39, 0.29) is 17.2 Å². The number of phenols is 1. The zero-order chi connectivity index (χ0) is 13.1. The molecule has 2 aromatic rings. The molecule has 2 rings (SSSR count). The molecule has 0 spiro atoms. The number of pyridine rings is 1. The van der Waals surface area contributed by atoms with Gasteiger partial charge >= 0.3 is 0 Å². The predicted molar refractivity (Wildman–Crippen MR) is 72.7 cm³/mol. The van der Waals surface area contributed by atoms with Crippen LogP contribution in [-0.4, -0.2) is 16.0 Å². The van der Waals surface area contributed by atoms with Crippen molar-refractivity contribution in [3.8, 4) is 5.75 Å². The van der Waals surface area contributed by atoms with E-state index >= 15 is 0 Å². The number of benzene rings is 1. The van der Waals surface area contributed by atoms with Gasteiger partial charge < -0.3 is 10.4 Å². The topological polar surface area (TPSA) is 62.2 Å². The van der Waals surface area contributed by atoms with Gasteiger partial charge in [-0.25, -0.2) is 0 Å². The molecule has 0 aliphatic carbocycles. The van der Waals surface area contributed by atoms with E-state index in [2.05, 4.69) is 26.2 Å². The maximum Gasteiger partial charge on any atom is 0.259 e. The van der Waals surface area contributed by atoms with Crippen molar-refractivity contribution >= 4 is 27.5 Å². The molecule has 0 saturated carbocycles. The summed E-state index contributed by atoms with van der Waals surface area (Å²) in [6.45, 7) is 1.89. The number of aromatic hydroxyl groups is 1. The minimum Gasteiger partial charge on any atom is -0.507 e. The quantitative estimate of drug-likeness (QED) is 0.896. The van der Waals surface area contributed by atoms with Gasteiger partial charge in [0.15, 0.2) is 0 Å². The predicted octanol–water partition coefficient (Wildman–Crippen LogP) is 3.11. The average molecular weight is 307 g/mol. The highest BCUT2D eigenvalue weighted by Crippen LogP contribution is 2.23. The van der Waals surface area contributed by atoms with Crippen molar-refractivity contribution in [3.05, 3.63) is 52.3 Å². The third kappa shape index (κ3) is 2.87. The van der Waals surface area contributed by atoms with Gasteiger partial charge in [0.05, 0.1) is 17.4 Å². The number of carbonyl (C=O) groups is 1. The SMILES string of the molecule is Cc1cncc(NC(=O)c2ccc(Br)cc2O)c1. The summed E-state index contributed by atoms with van der Waals surface area (Å²) in [4.78, 5) is 15.9. The normalized spacial score (nSPS) is 10.1. The number of halogens is 1. The van der Waals surface area contributed by atoms with Crippen LogP contribution in [0.4, 0.5) is 5.69 Å². The van der Waals surface area contributed by atoms with Crippen LogP contribution in [0.15, 0.2) is 41.1 Å². The zero-order valence-corrected chi connectivity index (χ0v) is 11.2. The molecule has 5 heteroatoms. The second kappa shape index (κ2) is 5.18. The number of carbonyl (C=O) groups excluding carboxylic acids is 1. The Kier molecular flexibility index (Phi) is 3.62. The Bertz CT molecular complexity index is 599. The van der Waals surface area contributed by atoms with E-state index in [9.17, 15) is 9.90 Å². The van der Waals surface area contributed by atoms with Gasteiger partial charge in [0, 0.05) is 10.7 Å². The molecule has 0 unspecified atom stereocenters. The summed E-state index contributed by atoms with van der Waals surface area (Å²) < 4.78 is 0.716. The second-order valence-electron chi connectivity index (χ2n) is 3.87. The summed E-state index contributed by atoms with van der Waals surface area (Å²) in [6.07, 6.45) is 3.26. The molecular formula is C13H11BrN2O2. The number of phenolic OH excluding ortho intramolecular Hbond substituents is 1. The smallest absolute Gasteiger partial charge is 0.259 e. The van der Waals surface area contributed by atoms with E-state index < -0.39 is 0 Å². The van der Waals surface area contributed by atoms with E-state index in [0.717, 1.165) is 5.56 Å². The largest absolute Gasteiger partial charge is 0.507 e. The first kappa shape index (κ1) is 12.6. The lowest BCUT2D eigenvalue weighted by Crippen LogP contribution is -2.12. The Morgan fingerprint density at radius 1 is 1.33 bits per heavy atom. The van der Waals surface area contributed by atoms with E-state index in [1.807, 2.05) is 6.92 Å². The Morgan fingerprint density at radius 3 is 2.78 bits per heavy atom. The lowest BCUT2D eigenvalue weighted by atomic mass is 10.2. The average Bonchev–Trinajstić information content (AvgIpc) is 2.28. The van der Waals surface area contributed by atoms with Crippen LogP contribution >= 0.6 is 15.9 Å². The fourth-order valence-corrected chi connectivity index (χ4v) is 1.87. The van der Waals surface area contributed by atoms with Gasteiger partial charge in [0.1, 0.15) is 5.75 Å². The van der Waals surface area contributed by atoms with Crippen LogP contribution in [0.2, 0.25) is 0 Å². The van der Waals surface area contributed by atoms with Crippen molar-refractivity contribution in [2.45, 2.75) is 6.92 Å². The lowest BCUT2D eigenvalue weighted by molar-refractivity contribution is 0.102. The highest BCUT2D eigenvalue weighted by Gasteiger charge is 2.11. The summed E-state index contributed by atoms with van der Waals surface area (Å²) in [7, 11) is 0. The summed E-state index contributed by atoms with van der Waals surface area (Å²) in [5.74, 6) is -0.435. The molecule has 0 fully saturated rings. The number of hydrogen-bond acceptors (Lipinski definition) is 3. The fourth-order valence-electron chi connectivity index (χ4n) is 1.52. The number of amides is 1. The number of nitrogens with one attached hydrogen (secondary N) is 1. The second-order valence-corrected chi connectivity index (χ2v) is 4.78. The van der Waals surface area contributed by atoms with Crippen LogP contribution in [0.3, 0.4) is 0 Å². The van der Waals surface area contributed by atoms with Crippen molar-refractivity contribution in [3.63, 3.8) is 0 Å². The molecule has 18 heavy (non-hydrogen) atoms. The maximum atomic E-state index is 11.9. The van der Waals surface area contributed by atoms with Crippen LogP contribution in [0.25, 0.3) is 0 Å². The van der Waals surface area contributed by atoms with Crippen molar-refractivity contribution in [1.29, 1.82) is 0 Å². The summed E-state index contributed by atoms with van der Waals surface area (Å²) in [6, 6.07) is 6.53. The molecule has 0 radical (unpaired) electrons. The number of nitrogens with zero attached hydrogens (tertiary/aromatic N) is 1. The van der Waals surface area contributed by atoms with Crippen LogP contribution in [0, 0.1) is 6.92 Å². The van der Waals surface area contributed by atoms with Crippen molar-refractivity contribution < 1.29 is 9.90 Å². The zero-order valence-electron chi connectivity index (χ0n) is 9.64. The van der Waals surface area contributed by atoms with Gasteiger partial charge in [-0.2, -0.15) is 0 Å². The molecule has 1 heterocycles. The Balaban J connectivity index is 2.22. The molecule has 92 valence electrons. The van der Waals surface area contributed by atoms with Gasteiger partial charge in [0.2, 0.25) is 0 Å². The summed E-state index contributed by atoms with van der Waals surface area (Å²) in [5, 5.41) is 12.4. The van der Waals surface area contributed by atoms with Crippen LogP contribution < -0.4 is 5.32 Å². The van der Waals surface area contributed by atoms with E-state index in [1.165, 1.54) is 6.07 Å². The van der Waals surface area contributed by atoms with Gasteiger partial charge in [0.25, 0.3) is 5.91 Å². The molecule has 2 N–H and O–H groups in total. The Hall–Kier alpha value is -1.88. The number of hydrogen-bond donors (Lipinski definition) is 2. The molecular weight excluding hydrogens is 296 g/mol. The molecule has 0 aliphatic heterocycles. The van der Waals surface area contributed by atoms with Gasteiger partial charge in [-0.15, -0.1) is 0 Å². The van der Waals surface area contributed by atoms with E-state index in [4.69, 9.17) is 0 Å². The first-order valence-electron chi connectivity index (χ1n) is 5.28. The maximum absolute atomic E-state index is 11.9. The summed E-state index contributed by atoms with van der Waals surface area (Å²) >= 11 is 3.22. The fraction of sp³-hybridized carbons (Fsp3) is 0.0769. The van der Waals surface area contributed by atoms with Crippen LogP contribution in [0.1, 0.15) is 15.9 Å². The molecule has 4 nitrogen and oxygen atoms in total. The van der Waals surface area contributed by atoms with E-state index in [0.29, 0.717) is 10.2 Å². The third-order valence-electron chi connectivity index (χ3n) is 2.34. The molecule has 0 bridgehead atoms. The minimum absolute atomic E-state index is 0.0671. The Morgan fingerprint density at radius 2 is 2.11 bits per heavy atom. The lowest BCUT2D eigenvalue weighted by Gasteiger charge is -2.07. The molecule has 1 aromatic carbocycles. The number of aryl methyl sites for hydroxylation is 1. The van der Waals surface area contributed by atoms with Crippen molar-refractivity contribution in [2.24, 2.45) is 0 Å². The number of rotatable bonds is 2. The van der Waals surface area contributed by atoms with Gasteiger partial charge in [-0.05, 0) is 36.8 Å². The van der Waals surface area contributed by atoms with Crippen molar-refractivity contribution in [1.82, 2.24) is 4.98 Å². The molecule has 1 aromatic heterocycles. The van der Waals surface area contributed by atoms with Crippen molar-refractivity contribution in [2.75, 3.05) is 5.32 Å². The number of aromatic nitrogens is 1. The Labute approximate surface area is 113 Å². The monoisotopic (exact) mass is 306 g/mol. The summed E-state index contributed by atoms with van der Waals surface area (Å²) in [5.41, 5.74) is 1.77. The van der Waals surface area contributed by atoms with Crippen LogP contribution in [-0.2, 0) is 0 Å². The van der Waals surface area contributed by atoms with Gasteiger partial charge in [-0.3, -0.25) is 9.78 Å². The minimum atomic E-state index is -0.368. The number of anilines is 1. The van der Waals surface area contributed by atoms with Crippen LogP contribution in [0.5, 0.6) is 5.75 Å². The first-order chi connectivity index (χ1) is 8.56. The molecule has 0 aliphatic rings. The standard InChI is InChI=1S/C13H11BrN2O2/c1-8-4-10(7-15-6-8)16-13(18)11-3-2-9(14)5-12(11)17/h2-7,17H,1H3,(H,16,18). The highest BCUT2D eigenvalue weighted by atomic mass is 79.9. The van der Waals surface area contributed by atoms with Gasteiger partial charge in [-0.1, -0.05) is 15.9 Å². The highest BCUT2D eigenvalue weighted by molar-refractivity contribution is 9.10. The first-order valence-corrected chi connectivity index (χ1v) is 6.07. The molecule has 1 amide bonds. The van der Waals surface area contributed by atoms with E-state index in [1.54, 1.807) is 30.6 Å². The molecule has 0 saturated heterocycles.